The predicted octanol–water partition coefficient (Wildman–Crippen LogP) is 1.31. The Kier molecular flexibility index (Phi) is 3.99. The summed E-state index contributed by atoms with van der Waals surface area (Å²) in [7, 11) is -3.11. The number of benzene rings is 1. The van der Waals surface area contributed by atoms with Crippen LogP contribution in [-0.4, -0.2) is 26.8 Å². The second-order valence-corrected chi connectivity index (χ2v) is 7.82. The van der Waals surface area contributed by atoms with E-state index in [1.807, 2.05) is 12.1 Å². The van der Waals surface area contributed by atoms with Crippen LogP contribution in [0.3, 0.4) is 0 Å². The van der Waals surface area contributed by atoms with Gasteiger partial charge in [0.25, 0.3) is 0 Å². The van der Waals surface area contributed by atoms with E-state index in [-0.39, 0.29) is 5.54 Å². The molecule has 5 heteroatoms. The highest BCUT2D eigenvalue weighted by atomic mass is 32.2. The van der Waals surface area contributed by atoms with Crippen LogP contribution in [0.15, 0.2) is 29.2 Å². The SMILES string of the molecule is CC(N)(CNCc1ccc(S(C)(=O)=O)cc1)C1CC1. The van der Waals surface area contributed by atoms with Crippen LogP contribution < -0.4 is 11.1 Å². The molecule has 0 spiro atoms. The molecule has 1 atom stereocenters. The molecule has 1 aromatic carbocycles. The summed E-state index contributed by atoms with van der Waals surface area (Å²) >= 11 is 0. The lowest BCUT2D eigenvalue weighted by atomic mass is 9.97. The minimum Gasteiger partial charge on any atom is -0.324 e. The van der Waals surface area contributed by atoms with E-state index < -0.39 is 9.84 Å². The van der Waals surface area contributed by atoms with Crippen molar-refractivity contribution in [2.45, 2.75) is 36.7 Å². The van der Waals surface area contributed by atoms with Crippen LogP contribution in [0, 0.1) is 5.92 Å². The maximum Gasteiger partial charge on any atom is 0.175 e. The van der Waals surface area contributed by atoms with Gasteiger partial charge in [-0.1, -0.05) is 12.1 Å². The predicted molar refractivity (Wildman–Crippen MR) is 76.6 cm³/mol. The van der Waals surface area contributed by atoms with Gasteiger partial charge in [-0.2, -0.15) is 0 Å². The Bertz CT molecular complexity index is 531. The summed E-state index contributed by atoms with van der Waals surface area (Å²) in [6, 6.07) is 6.98. The summed E-state index contributed by atoms with van der Waals surface area (Å²) in [4.78, 5) is 0.359. The van der Waals surface area contributed by atoms with Gasteiger partial charge in [-0.15, -0.1) is 0 Å². The third-order valence-corrected chi connectivity index (χ3v) is 4.82. The molecule has 4 nitrogen and oxygen atoms in total. The van der Waals surface area contributed by atoms with Crippen LogP contribution in [0.4, 0.5) is 0 Å². The monoisotopic (exact) mass is 282 g/mol. The summed E-state index contributed by atoms with van der Waals surface area (Å²) < 4.78 is 22.7. The molecule has 1 aliphatic rings. The van der Waals surface area contributed by atoms with Gasteiger partial charge >= 0.3 is 0 Å². The van der Waals surface area contributed by atoms with Gasteiger partial charge in [-0.25, -0.2) is 8.42 Å². The average molecular weight is 282 g/mol. The molecule has 1 saturated carbocycles. The molecule has 2 rings (SSSR count). The van der Waals surface area contributed by atoms with Crippen LogP contribution in [0.1, 0.15) is 25.3 Å². The largest absolute Gasteiger partial charge is 0.324 e. The number of nitrogens with two attached hydrogens (primary N) is 1. The molecule has 106 valence electrons. The lowest BCUT2D eigenvalue weighted by molar-refractivity contribution is 0.380. The molecular weight excluding hydrogens is 260 g/mol. The smallest absolute Gasteiger partial charge is 0.175 e. The highest BCUT2D eigenvalue weighted by molar-refractivity contribution is 7.90. The van der Waals surface area contributed by atoms with Gasteiger partial charge in [0, 0.05) is 24.9 Å². The van der Waals surface area contributed by atoms with Crippen LogP contribution >= 0.6 is 0 Å². The van der Waals surface area contributed by atoms with Crippen LogP contribution in [0.5, 0.6) is 0 Å². The van der Waals surface area contributed by atoms with Crippen LogP contribution in [0.25, 0.3) is 0 Å². The van der Waals surface area contributed by atoms with Crippen molar-refractivity contribution in [2.75, 3.05) is 12.8 Å². The molecule has 1 fully saturated rings. The first-order valence-electron chi connectivity index (χ1n) is 6.58. The first-order valence-corrected chi connectivity index (χ1v) is 8.47. The number of sulfone groups is 1. The van der Waals surface area contributed by atoms with Gasteiger partial charge in [0.2, 0.25) is 0 Å². The third kappa shape index (κ3) is 4.03. The van der Waals surface area contributed by atoms with Crippen molar-refractivity contribution >= 4 is 9.84 Å². The van der Waals surface area contributed by atoms with Gasteiger partial charge in [0.05, 0.1) is 4.90 Å². The third-order valence-electron chi connectivity index (χ3n) is 3.70. The molecule has 3 N–H and O–H groups in total. The number of rotatable bonds is 6. The van der Waals surface area contributed by atoms with Crippen molar-refractivity contribution in [3.8, 4) is 0 Å². The Morgan fingerprint density at radius 1 is 1.32 bits per heavy atom. The first kappa shape index (κ1) is 14.5. The van der Waals surface area contributed by atoms with E-state index in [0.29, 0.717) is 17.4 Å². The zero-order valence-corrected chi connectivity index (χ0v) is 12.3. The van der Waals surface area contributed by atoms with E-state index >= 15 is 0 Å². The van der Waals surface area contributed by atoms with Crippen molar-refractivity contribution in [1.82, 2.24) is 5.32 Å². The molecule has 1 aromatic rings. The van der Waals surface area contributed by atoms with Crippen molar-refractivity contribution < 1.29 is 8.42 Å². The number of nitrogens with one attached hydrogen (secondary N) is 1. The highest BCUT2D eigenvalue weighted by Gasteiger charge is 2.37. The molecule has 0 heterocycles. The van der Waals surface area contributed by atoms with Crippen molar-refractivity contribution in [3.05, 3.63) is 29.8 Å². The van der Waals surface area contributed by atoms with Gasteiger partial charge < -0.3 is 11.1 Å². The zero-order chi connectivity index (χ0) is 14.1. The Hall–Kier alpha value is -0.910. The van der Waals surface area contributed by atoms with E-state index in [0.717, 1.165) is 12.1 Å². The minimum atomic E-state index is -3.11. The molecule has 1 aliphatic carbocycles. The van der Waals surface area contributed by atoms with E-state index in [1.165, 1.54) is 19.1 Å². The van der Waals surface area contributed by atoms with E-state index in [2.05, 4.69) is 12.2 Å². The fourth-order valence-electron chi connectivity index (χ4n) is 2.22. The van der Waals surface area contributed by atoms with E-state index in [9.17, 15) is 8.42 Å². The maximum atomic E-state index is 11.3. The number of hydrogen-bond acceptors (Lipinski definition) is 4. The quantitative estimate of drug-likeness (QED) is 0.825. The average Bonchev–Trinajstić information content (AvgIpc) is 3.12. The standard InChI is InChI=1S/C14H22N2O2S/c1-14(15,12-5-6-12)10-16-9-11-3-7-13(8-4-11)19(2,17)18/h3-4,7-8,12,16H,5-6,9-10,15H2,1-2H3. The molecule has 0 bridgehead atoms. The van der Waals surface area contributed by atoms with Crippen molar-refractivity contribution in [2.24, 2.45) is 11.7 Å². The van der Waals surface area contributed by atoms with Gasteiger partial charge in [0.1, 0.15) is 0 Å². The van der Waals surface area contributed by atoms with Gasteiger partial charge in [0.15, 0.2) is 9.84 Å². The Balaban J connectivity index is 1.86. The minimum absolute atomic E-state index is 0.132. The fraction of sp³-hybridized carbons (Fsp3) is 0.571. The second-order valence-electron chi connectivity index (χ2n) is 5.80. The number of hydrogen-bond donors (Lipinski definition) is 2. The molecule has 0 aromatic heterocycles. The van der Waals surface area contributed by atoms with E-state index in [1.54, 1.807) is 12.1 Å². The lowest BCUT2D eigenvalue weighted by Crippen LogP contribution is -2.47. The first-order chi connectivity index (χ1) is 8.79. The Labute approximate surface area is 115 Å². The van der Waals surface area contributed by atoms with Gasteiger partial charge in [-0.3, -0.25) is 0 Å². The molecule has 0 amide bonds. The van der Waals surface area contributed by atoms with Crippen LogP contribution in [0.2, 0.25) is 0 Å². The van der Waals surface area contributed by atoms with Crippen molar-refractivity contribution in [3.63, 3.8) is 0 Å². The Morgan fingerprint density at radius 3 is 2.37 bits per heavy atom. The zero-order valence-electron chi connectivity index (χ0n) is 11.5. The fourth-order valence-corrected chi connectivity index (χ4v) is 2.85. The molecule has 0 saturated heterocycles. The Morgan fingerprint density at radius 2 is 1.89 bits per heavy atom. The van der Waals surface area contributed by atoms with Crippen molar-refractivity contribution in [1.29, 1.82) is 0 Å². The topological polar surface area (TPSA) is 72.2 Å². The molecule has 0 aliphatic heterocycles. The summed E-state index contributed by atoms with van der Waals surface area (Å²) in [6.45, 7) is 3.58. The molecule has 1 unspecified atom stereocenters. The lowest BCUT2D eigenvalue weighted by Gasteiger charge is -2.24. The van der Waals surface area contributed by atoms with Gasteiger partial charge in [-0.05, 0) is 43.4 Å². The summed E-state index contributed by atoms with van der Waals surface area (Å²) in [5.41, 5.74) is 7.16. The molecule has 19 heavy (non-hydrogen) atoms. The summed E-state index contributed by atoms with van der Waals surface area (Å²) in [5, 5.41) is 3.35. The highest BCUT2D eigenvalue weighted by Crippen LogP contribution is 2.37. The molecular formula is C14H22N2O2S. The normalized spacial score (nSPS) is 19.1. The summed E-state index contributed by atoms with van der Waals surface area (Å²) in [5.74, 6) is 0.646. The van der Waals surface area contributed by atoms with E-state index in [4.69, 9.17) is 5.73 Å². The summed E-state index contributed by atoms with van der Waals surface area (Å²) in [6.07, 6.45) is 3.69. The molecule has 0 radical (unpaired) electrons. The maximum absolute atomic E-state index is 11.3. The van der Waals surface area contributed by atoms with Crippen LogP contribution in [-0.2, 0) is 16.4 Å². The second kappa shape index (κ2) is 5.23.